The summed E-state index contributed by atoms with van der Waals surface area (Å²) in [5, 5.41) is 9.80. The molecule has 2 unspecified atom stereocenters. The Morgan fingerprint density at radius 2 is 1.93 bits per heavy atom. The summed E-state index contributed by atoms with van der Waals surface area (Å²) in [6.45, 7) is 0. The molecule has 2 aromatic heterocycles. The Kier molecular flexibility index (Phi) is 4.66. The van der Waals surface area contributed by atoms with Gasteiger partial charge in [0.25, 0.3) is 5.89 Å². The second-order valence-corrected chi connectivity index (χ2v) is 8.34. The van der Waals surface area contributed by atoms with Crippen LogP contribution in [0.2, 0.25) is 5.02 Å². The molecule has 1 N–H and O–H groups in total. The van der Waals surface area contributed by atoms with E-state index < -0.39 is 0 Å². The number of thiophene rings is 1. The quantitative estimate of drug-likeness (QED) is 0.438. The molecule has 4 aromatic rings. The number of nitrogens with one attached hydrogen (secondary N) is 1. The maximum atomic E-state index is 12.7. The summed E-state index contributed by atoms with van der Waals surface area (Å²) in [6, 6.07) is 18.8. The fraction of sp³-hybridized carbons (Fsp3) is 0.136. The highest BCUT2D eigenvalue weighted by Crippen LogP contribution is 2.49. The van der Waals surface area contributed by atoms with E-state index in [1.165, 1.54) is 4.88 Å². The van der Waals surface area contributed by atoms with Crippen LogP contribution in [0, 0.1) is 5.92 Å². The predicted octanol–water partition coefficient (Wildman–Crippen LogP) is 5.86. The van der Waals surface area contributed by atoms with Gasteiger partial charge in [0.15, 0.2) is 0 Å². The SMILES string of the molecule is O=C(Nc1ccccc1-c1nc(-c2ccc(Cl)cc2)no1)C1CC1c1cccs1. The van der Waals surface area contributed by atoms with Gasteiger partial charge in [0.05, 0.1) is 11.3 Å². The molecule has 2 atom stereocenters. The molecule has 0 aliphatic heterocycles. The molecule has 7 heteroatoms. The first-order valence-corrected chi connectivity index (χ1v) is 10.5. The zero-order valence-electron chi connectivity index (χ0n) is 15.2. The van der Waals surface area contributed by atoms with E-state index >= 15 is 0 Å². The normalized spacial score (nSPS) is 17.8. The third-order valence-electron chi connectivity index (χ3n) is 4.98. The summed E-state index contributed by atoms with van der Waals surface area (Å²) in [5.74, 6) is 1.18. The highest BCUT2D eigenvalue weighted by Gasteiger charge is 2.44. The number of nitrogens with zero attached hydrogens (tertiary/aromatic N) is 2. The van der Waals surface area contributed by atoms with Crippen molar-refractivity contribution in [3.05, 3.63) is 75.9 Å². The molecule has 29 heavy (non-hydrogen) atoms. The molecule has 144 valence electrons. The van der Waals surface area contributed by atoms with Crippen molar-refractivity contribution in [2.45, 2.75) is 12.3 Å². The van der Waals surface area contributed by atoms with Gasteiger partial charge in [-0.15, -0.1) is 11.3 Å². The van der Waals surface area contributed by atoms with Crippen molar-refractivity contribution >= 4 is 34.5 Å². The van der Waals surface area contributed by atoms with Crippen LogP contribution in [0.5, 0.6) is 0 Å². The average molecular weight is 422 g/mol. The molecule has 0 saturated heterocycles. The van der Waals surface area contributed by atoms with Crippen LogP contribution in [0.4, 0.5) is 5.69 Å². The van der Waals surface area contributed by atoms with E-state index in [2.05, 4.69) is 21.5 Å². The second kappa shape index (κ2) is 7.46. The van der Waals surface area contributed by atoms with E-state index in [1.54, 1.807) is 23.5 Å². The maximum absolute atomic E-state index is 12.7. The van der Waals surface area contributed by atoms with Crippen LogP contribution in [0.25, 0.3) is 22.8 Å². The van der Waals surface area contributed by atoms with Gasteiger partial charge in [0, 0.05) is 27.3 Å². The number of rotatable bonds is 5. The lowest BCUT2D eigenvalue weighted by Crippen LogP contribution is -2.15. The predicted molar refractivity (Wildman–Crippen MR) is 114 cm³/mol. The molecule has 0 spiro atoms. The lowest BCUT2D eigenvalue weighted by atomic mass is 10.1. The average Bonchev–Trinajstić information content (AvgIpc) is 3.14. The molecular weight excluding hydrogens is 406 g/mol. The van der Waals surface area contributed by atoms with Crippen molar-refractivity contribution in [1.82, 2.24) is 10.1 Å². The van der Waals surface area contributed by atoms with E-state index in [4.69, 9.17) is 16.1 Å². The molecule has 0 radical (unpaired) electrons. The van der Waals surface area contributed by atoms with Gasteiger partial charge < -0.3 is 9.84 Å². The van der Waals surface area contributed by atoms with Crippen LogP contribution in [-0.2, 0) is 4.79 Å². The monoisotopic (exact) mass is 421 g/mol. The summed E-state index contributed by atoms with van der Waals surface area (Å²) in [5.41, 5.74) is 2.17. The van der Waals surface area contributed by atoms with Gasteiger partial charge in [-0.25, -0.2) is 0 Å². The summed E-state index contributed by atoms with van der Waals surface area (Å²) < 4.78 is 5.47. The van der Waals surface area contributed by atoms with Gasteiger partial charge in [-0.05, 0) is 54.3 Å². The van der Waals surface area contributed by atoms with Crippen LogP contribution in [0.1, 0.15) is 17.2 Å². The number of carbonyl (C=O) groups is 1. The summed E-state index contributed by atoms with van der Waals surface area (Å²) in [4.78, 5) is 18.5. The fourth-order valence-electron chi connectivity index (χ4n) is 3.35. The molecule has 0 bridgehead atoms. The van der Waals surface area contributed by atoms with Crippen molar-refractivity contribution in [3.8, 4) is 22.8 Å². The Hall–Kier alpha value is -2.96. The first-order valence-electron chi connectivity index (χ1n) is 9.22. The van der Waals surface area contributed by atoms with E-state index in [-0.39, 0.29) is 11.8 Å². The molecule has 2 aromatic carbocycles. The number of carbonyl (C=O) groups excluding carboxylic acids is 1. The molecule has 1 saturated carbocycles. The lowest BCUT2D eigenvalue weighted by molar-refractivity contribution is -0.117. The van der Waals surface area contributed by atoms with E-state index in [0.717, 1.165) is 12.0 Å². The summed E-state index contributed by atoms with van der Waals surface area (Å²) >= 11 is 7.64. The van der Waals surface area contributed by atoms with E-state index in [1.807, 2.05) is 47.8 Å². The van der Waals surface area contributed by atoms with Crippen LogP contribution in [-0.4, -0.2) is 16.0 Å². The highest BCUT2D eigenvalue weighted by molar-refractivity contribution is 7.10. The van der Waals surface area contributed by atoms with Gasteiger partial charge in [-0.2, -0.15) is 4.98 Å². The van der Waals surface area contributed by atoms with Gasteiger partial charge in [0.1, 0.15) is 0 Å². The molecule has 1 aliphatic carbocycles. The molecule has 1 aliphatic rings. The zero-order valence-corrected chi connectivity index (χ0v) is 16.8. The van der Waals surface area contributed by atoms with Crippen molar-refractivity contribution in [3.63, 3.8) is 0 Å². The minimum atomic E-state index is 0.00835. The number of hydrogen-bond donors (Lipinski definition) is 1. The van der Waals surface area contributed by atoms with Crippen LogP contribution >= 0.6 is 22.9 Å². The number of amides is 1. The number of para-hydroxylation sites is 1. The molecular formula is C22H16ClN3O2S. The Morgan fingerprint density at radius 1 is 1.10 bits per heavy atom. The van der Waals surface area contributed by atoms with Crippen LogP contribution in [0.15, 0.2) is 70.6 Å². The second-order valence-electron chi connectivity index (χ2n) is 6.93. The Bertz CT molecular complexity index is 1160. The first kappa shape index (κ1) is 18.1. The van der Waals surface area contributed by atoms with Crippen LogP contribution < -0.4 is 5.32 Å². The number of benzene rings is 2. The Morgan fingerprint density at radius 3 is 2.72 bits per heavy atom. The maximum Gasteiger partial charge on any atom is 0.260 e. The van der Waals surface area contributed by atoms with Crippen molar-refractivity contribution in [2.75, 3.05) is 5.32 Å². The topological polar surface area (TPSA) is 68.0 Å². The van der Waals surface area contributed by atoms with Gasteiger partial charge in [-0.1, -0.05) is 35.0 Å². The third-order valence-corrected chi connectivity index (χ3v) is 6.24. The molecule has 2 heterocycles. The molecule has 5 rings (SSSR count). The smallest absolute Gasteiger partial charge is 0.260 e. The number of aromatic nitrogens is 2. The Balaban J connectivity index is 1.36. The molecule has 5 nitrogen and oxygen atoms in total. The zero-order chi connectivity index (χ0) is 19.8. The number of hydrogen-bond acceptors (Lipinski definition) is 5. The van der Waals surface area contributed by atoms with Gasteiger partial charge in [-0.3, -0.25) is 4.79 Å². The Labute approximate surface area is 176 Å². The minimum absolute atomic E-state index is 0.00835. The van der Waals surface area contributed by atoms with Crippen molar-refractivity contribution in [2.24, 2.45) is 5.92 Å². The van der Waals surface area contributed by atoms with Crippen LogP contribution in [0.3, 0.4) is 0 Å². The van der Waals surface area contributed by atoms with Gasteiger partial charge >= 0.3 is 0 Å². The summed E-state index contributed by atoms with van der Waals surface area (Å²) in [6.07, 6.45) is 0.885. The fourth-order valence-corrected chi connectivity index (χ4v) is 4.39. The standard InChI is InChI=1S/C22H16ClN3O2S/c23-14-9-7-13(8-10-14)20-25-22(28-26-20)15-4-1-2-5-18(15)24-21(27)17-12-16(17)19-6-3-11-29-19/h1-11,16-17H,12H2,(H,24,27). The lowest BCUT2D eigenvalue weighted by Gasteiger charge is -2.08. The minimum Gasteiger partial charge on any atom is -0.334 e. The van der Waals surface area contributed by atoms with Gasteiger partial charge in [0.2, 0.25) is 11.7 Å². The van der Waals surface area contributed by atoms with E-state index in [9.17, 15) is 4.79 Å². The first-order chi connectivity index (χ1) is 14.2. The van der Waals surface area contributed by atoms with E-state index in [0.29, 0.717) is 33.9 Å². The van der Waals surface area contributed by atoms with Crippen molar-refractivity contribution in [1.29, 1.82) is 0 Å². The molecule has 1 amide bonds. The molecule has 1 fully saturated rings. The number of halogens is 1. The third kappa shape index (κ3) is 3.69. The summed E-state index contributed by atoms with van der Waals surface area (Å²) in [7, 11) is 0. The highest BCUT2D eigenvalue weighted by atomic mass is 35.5. The largest absolute Gasteiger partial charge is 0.334 e. The van der Waals surface area contributed by atoms with Crippen molar-refractivity contribution < 1.29 is 9.32 Å². The number of anilines is 1.